The molecule has 0 aliphatic carbocycles. The number of nitrogens with one attached hydrogen (secondary N) is 1. The molecule has 0 bridgehead atoms. The van der Waals surface area contributed by atoms with E-state index in [1.807, 2.05) is 24.1 Å². The summed E-state index contributed by atoms with van der Waals surface area (Å²) in [5.41, 5.74) is 1.16. The number of thiazole rings is 1. The highest BCUT2D eigenvalue weighted by Crippen LogP contribution is 2.24. The lowest BCUT2D eigenvalue weighted by Gasteiger charge is -2.34. The number of sulfonamides is 1. The van der Waals surface area contributed by atoms with E-state index in [0.717, 1.165) is 36.8 Å². The minimum Gasteiger partial charge on any atom is -0.329 e. The van der Waals surface area contributed by atoms with Crippen molar-refractivity contribution in [2.75, 3.05) is 19.3 Å². The van der Waals surface area contributed by atoms with Gasteiger partial charge in [0.05, 0.1) is 24.8 Å². The van der Waals surface area contributed by atoms with Crippen LogP contribution in [-0.2, 0) is 23.1 Å². The summed E-state index contributed by atoms with van der Waals surface area (Å²) in [4.78, 5) is 10.9. The average molecular weight is 341 g/mol. The third-order valence-corrected chi connectivity index (χ3v) is 5.17. The van der Waals surface area contributed by atoms with E-state index in [9.17, 15) is 8.42 Å². The van der Waals surface area contributed by atoms with Crippen molar-refractivity contribution in [3.05, 3.63) is 34.8 Å². The van der Waals surface area contributed by atoms with Crippen LogP contribution in [0.1, 0.15) is 23.2 Å². The SMILES string of the molecule is CS(=O)(=O)NCC[C@H]1CN(Cc2nccs2)Cc2cncn21. The Kier molecular flexibility index (Phi) is 4.57. The Morgan fingerprint density at radius 3 is 3.09 bits per heavy atom. The van der Waals surface area contributed by atoms with Crippen molar-refractivity contribution >= 4 is 21.4 Å². The van der Waals surface area contributed by atoms with Gasteiger partial charge in [-0.2, -0.15) is 0 Å². The van der Waals surface area contributed by atoms with Crippen molar-refractivity contribution in [2.45, 2.75) is 25.6 Å². The van der Waals surface area contributed by atoms with Gasteiger partial charge in [0.1, 0.15) is 5.01 Å². The summed E-state index contributed by atoms with van der Waals surface area (Å²) in [7, 11) is -3.14. The van der Waals surface area contributed by atoms with E-state index in [1.165, 1.54) is 6.26 Å². The van der Waals surface area contributed by atoms with Crippen LogP contribution in [0.2, 0.25) is 0 Å². The van der Waals surface area contributed by atoms with E-state index in [4.69, 9.17) is 0 Å². The van der Waals surface area contributed by atoms with Gasteiger partial charge in [-0.25, -0.2) is 23.1 Å². The molecular weight excluding hydrogens is 322 g/mol. The monoisotopic (exact) mass is 341 g/mol. The molecule has 0 saturated carbocycles. The summed E-state index contributed by atoms with van der Waals surface area (Å²) in [5.74, 6) is 0. The van der Waals surface area contributed by atoms with Gasteiger partial charge in [-0.05, 0) is 6.42 Å². The third-order valence-electron chi connectivity index (χ3n) is 3.68. The number of rotatable bonds is 6. The van der Waals surface area contributed by atoms with Crippen molar-refractivity contribution in [1.29, 1.82) is 0 Å². The van der Waals surface area contributed by atoms with Crippen molar-refractivity contribution in [1.82, 2.24) is 24.2 Å². The van der Waals surface area contributed by atoms with Gasteiger partial charge < -0.3 is 4.57 Å². The summed E-state index contributed by atoms with van der Waals surface area (Å²) in [6, 6.07) is 0.223. The van der Waals surface area contributed by atoms with Crippen molar-refractivity contribution in [3.63, 3.8) is 0 Å². The fourth-order valence-corrected chi connectivity index (χ4v) is 3.89. The highest BCUT2D eigenvalue weighted by atomic mass is 32.2. The zero-order valence-electron chi connectivity index (χ0n) is 12.3. The summed E-state index contributed by atoms with van der Waals surface area (Å²) in [6.07, 6.45) is 7.46. The molecule has 120 valence electrons. The zero-order chi connectivity index (χ0) is 15.6. The summed E-state index contributed by atoms with van der Waals surface area (Å²) < 4.78 is 27.1. The van der Waals surface area contributed by atoms with Crippen LogP contribution in [0.4, 0.5) is 0 Å². The van der Waals surface area contributed by atoms with Crippen LogP contribution in [0.5, 0.6) is 0 Å². The standard InChI is InChI=1S/C13H19N5O2S2/c1-22(19,20)16-3-2-11-7-17(9-13-15-4-5-21-13)8-12-6-14-10-18(11)12/h4-6,10-11,16H,2-3,7-9H2,1H3/t11-/m0/s1. The Bertz CT molecular complexity index is 711. The maximum Gasteiger partial charge on any atom is 0.208 e. The second-order valence-corrected chi connectivity index (χ2v) is 8.31. The van der Waals surface area contributed by atoms with Gasteiger partial charge in [0.2, 0.25) is 10.0 Å². The fraction of sp³-hybridized carbons (Fsp3) is 0.538. The summed E-state index contributed by atoms with van der Waals surface area (Å²) in [5, 5.41) is 3.08. The molecule has 0 unspecified atom stereocenters. The normalized spacial score (nSPS) is 19.2. The average Bonchev–Trinajstić information content (AvgIpc) is 3.08. The molecule has 2 aromatic rings. The van der Waals surface area contributed by atoms with Crippen LogP contribution in [0.15, 0.2) is 24.1 Å². The largest absolute Gasteiger partial charge is 0.329 e. The Labute approximate surface area is 134 Å². The van der Waals surface area contributed by atoms with Gasteiger partial charge in [0.15, 0.2) is 0 Å². The predicted octanol–water partition coefficient (Wildman–Crippen LogP) is 0.836. The van der Waals surface area contributed by atoms with Crippen molar-refractivity contribution < 1.29 is 8.42 Å². The molecule has 0 amide bonds. The van der Waals surface area contributed by atoms with E-state index < -0.39 is 10.0 Å². The third kappa shape index (κ3) is 3.92. The second-order valence-electron chi connectivity index (χ2n) is 5.50. The van der Waals surface area contributed by atoms with E-state index >= 15 is 0 Å². The smallest absolute Gasteiger partial charge is 0.208 e. The minimum atomic E-state index is -3.14. The Morgan fingerprint density at radius 2 is 2.36 bits per heavy atom. The zero-order valence-corrected chi connectivity index (χ0v) is 14.0. The number of nitrogens with zero attached hydrogens (tertiary/aromatic N) is 4. The molecule has 1 aliphatic heterocycles. The number of hydrogen-bond acceptors (Lipinski definition) is 6. The van der Waals surface area contributed by atoms with Gasteiger partial charge in [-0.15, -0.1) is 11.3 Å². The predicted molar refractivity (Wildman–Crippen MR) is 85.0 cm³/mol. The van der Waals surface area contributed by atoms with Gasteiger partial charge in [-0.1, -0.05) is 0 Å². The molecule has 0 fully saturated rings. The van der Waals surface area contributed by atoms with Crippen LogP contribution in [0.3, 0.4) is 0 Å². The first kappa shape index (κ1) is 15.6. The lowest BCUT2D eigenvalue weighted by atomic mass is 10.1. The number of imidazole rings is 1. The van der Waals surface area contributed by atoms with Crippen LogP contribution in [-0.4, -0.2) is 47.2 Å². The van der Waals surface area contributed by atoms with E-state index in [2.05, 4.69) is 24.2 Å². The molecule has 1 atom stereocenters. The fourth-order valence-electron chi connectivity index (χ4n) is 2.75. The number of aromatic nitrogens is 3. The Balaban J connectivity index is 1.66. The topological polar surface area (TPSA) is 80.1 Å². The first-order valence-corrected chi connectivity index (χ1v) is 9.84. The van der Waals surface area contributed by atoms with Crippen molar-refractivity contribution in [2.24, 2.45) is 0 Å². The Morgan fingerprint density at radius 1 is 1.50 bits per heavy atom. The van der Waals surface area contributed by atoms with Gasteiger partial charge in [0.25, 0.3) is 0 Å². The molecule has 7 nitrogen and oxygen atoms in total. The van der Waals surface area contributed by atoms with Crippen LogP contribution in [0, 0.1) is 0 Å². The highest BCUT2D eigenvalue weighted by Gasteiger charge is 2.25. The molecule has 2 aromatic heterocycles. The molecule has 1 aliphatic rings. The molecule has 3 heterocycles. The molecule has 0 aromatic carbocycles. The Hall–Kier alpha value is -1.29. The number of fused-ring (bicyclic) bond motifs is 1. The van der Waals surface area contributed by atoms with Crippen LogP contribution in [0.25, 0.3) is 0 Å². The van der Waals surface area contributed by atoms with Crippen molar-refractivity contribution in [3.8, 4) is 0 Å². The lowest BCUT2D eigenvalue weighted by Crippen LogP contribution is -2.38. The molecule has 1 N–H and O–H groups in total. The first-order valence-electron chi connectivity index (χ1n) is 7.07. The van der Waals surface area contributed by atoms with Gasteiger partial charge >= 0.3 is 0 Å². The quantitative estimate of drug-likeness (QED) is 0.842. The first-order chi connectivity index (χ1) is 10.5. The molecule has 3 rings (SSSR count). The lowest BCUT2D eigenvalue weighted by molar-refractivity contribution is 0.172. The molecule has 22 heavy (non-hydrogen) atoms. The molecular formula is C13H19N5O2S2. The highest BCUT2D eigenvalue weighted by molar-refractivity contribution is 7.88. The second kappa shape index (κ2) is 6.45. The molecule has 0 saturated heterocycles. The molecule has 0 radical (unpaired) electrons. The molecule has 0 spiro atoms. The van der Waals surface area contributed by atoms with Gasteiger partial charge in [-0.3, -0.25) is 4.90 Å². The maximum atomic E-state index is 11.2. The minimum absolute atomic E-state index is 0.223. The van der Waals surface area contributed by atoms with Crippen LogP contribution >= 0.6 is 11.3 Å². The summed E-state index contributed by atoms with van der Waals surface area (Å²) >= 11 is 1.66. The van der Waals surface area contributed by atoms with Gasteiger partial charge in [0, 0.05) is 43.4 Å². The van der Waals surface area contributed by atoms with Crippen LogP contribution < -0.4 is 4.72 Å². The number of hydrogen-bond donors (Lipinski definition) is 1. The molecule has 9 heteroatoms. The van der Waals surface area contributed by atoms with E-state index in [0.29, 0.717) is 6.54 Å². The van der Waals surface area contributed by atoms with E-state index in [1.54, 1.807) is 11.3 Å². The van der Waals surface area contributed by atoms with E-state index in [-0.39, 0.29) is 6.04 Å². The maximum absolute atomic E-state index is 11.2. The summed E-state index contributed by atoms with van der Waals surface area (Å²) in [6.45, 7) is 2.97.